The maximum absolute atomic E-state index is 11.7. The molecule has 3 heteroatoms. The molecule has 1 aromatic rings. The van der Waals surface area contributed by atoms with Crippen LogP contribution in [0.1, 0.15) is 71.2 Å². The first kappa shape index (κ1) is 16.4. The van der Waals surface area contributed by atoms with Crippen molar-refractivity contribution < 1.29 is 4.79 Å². The molecule has 0 amide bonds. The molecule has 0 aromatic carbocycles. The molecule has 1 aromatic heterocycles. The Hall–Kier alpha value is -1.69. The Morgan fingerprint density at radius 2 is 1.85 bits per heavy atom. The van der Waals surface area contributed by atoms with Gasteiger partial charge in [-0.05, 0) is 6.42 Å². The largest absolute Gasteiger partial charge is 0.299 e. The molecule has 1 rings (SSSR count). The van der Waals surface area contributed by atoms with Crippen molar-refractivity contribution in [3.05, 3.63) is 23.8 Å². The highest BCUT2D eigenvalue weighted by atomic mass is 16.1. The molecule has 0 aliphatic rings. The maximum Gasteiger partial charge on any atom is 0.138 e. The minimum atomic E-state index is -0.242. The molecule has 0 fully saturated rings. The summed E-state index contributed by atoms with van der Waals surface area (Å²) in [6.45, 7) is 9.98. The lowest BCUT2D eigenvalue weighted by Crippen LogP contribution is -2.19. The first-order chi connectivity index (χ1) is 9.30. The molecular formula is C17H24N2O. The van der Waals surface area contributed by atoms with Crippen LogP contribution in [-0.2, 0) is 4.79 Å². The Morgan fingerprint density at radius 3 is 2.35 bits per heavy atom. The van der Waals surface area contributed by atoms with E-state index in [0.29, 0.717) is 18.1 Å². The van der Waals surface area contributed by atoms with Gasteiger partial charge in [0.2, 0.25) is 0 Å². The van der Waals surface area contributed by atoms with E-state index >= 15 is 0 Å². The van der Waals surface area contributed by atoms with Crippen LogP contribution < -0.4 is 0 Å². The third-order valence-corrected chi connectivity index (χ3v) is 2.96. The monoisotopic (exact) mass is 272 g/mol. The van der Waals surface area contributed by atoms with Gasteiger partial charge < -0.3 is 0 Å². The van der Waals surface area contributed by atoms with Crippen molar-refractivity contribution in [3.8, 4) is 11.8 Å². The van der Waals surface area contributed by atoms with E-state index in [1.807, 2.05) is 20.8 Å². The van der Waals surface area contributed by atoms with Crippen LogP contribution in [0.2, 0.25) is 0 Å². The van der Waals surface area contributed by atoms with Gasteiger partial charge in [-0.15, -0.1) is 0 Å². The summed E-state index contributed by atoms with van der Waals surface area (Å²) in [5.41, 5.74) is 0.588. The Kier molecular flexibility index (Phi) is 5.88. The molecule has 108 valence electrons. The average Bonchev–Trinajstić information content (AvgIpc) is 2.37. The molecule has 0 bridgehead atoms. The normalized spacial score (nSPS) is 11.1. The van der Waals surface area contributed by atoms with Crippen molar-refractivity contribution in [1.82, 2.24) is 9.97 Å². The van der Waals surface area contributed by atoms with Gasteiger partial charge in [0, 0.05) is 36.6 Å². The number of hydrogen-bond donors (Lipinski definition) is 0. The van der Waals surface area contributed by atoms with Crippen LogP contribution in [0, 0.1) is 17.3 Å². The highest BCUT2D eigenvalue weighted by Crippen LogP contribution is 2.18. The van der Waals surface area contributed by atoms with Gasteiger partial charge in [-0.3, -0.25) is 4.79 Å². The predicted molar refractivity (Wildman–Crippen MR) is 81.3 cm³/mol. The minimum Gasteiger partial charge on any atom is -0.299 e. The van der Waals surface area contributed by atoms with E-state index in [1.54, 1.807) is 12.4 Å². The lowest BCUT2D eigenvalue weighted by atomic mass is 9.88. The number of Topliss-reactive ketones (excluding diaryl/α,β-unsaturated/α-hetero) is 1. The zero-order valence-electron chi connectivity index (χ0n) is 13.2. The minimum absolute atomic E-state index is 0.242. The number of unbranched alkanes of at least 4 members (excludes halogenated alkanes) is 1. The zero-order valence-corrected chi connectivity index (χ0v) is 13.2. The number of rotatable bonds is 4. The van der Waals surface area contributed by atoms with Crippen LogP contribution in [0.15, 0.2) is 12.4 Å². The van der Waals surface area contributed by atoms with Crippen LogP contribution >= 0.6 is 0 Å². The number of aromatic nitrogens is 2. The van der Waals surface area contributed by atoms with Crippen molar-refractivity contribution in [3.63, 3.8) is 0 Å². The lowest BCUT2D eigenvalue weighted by molar-refractivity contribution is -0.126. The van der Waals surface area contributed by atoms with Gasteiger partial charge in [0.05, 0.1) is 5.56 Å². The molecular weight excluding hydrogens is 248 g/mol. The first-order valence-electron chi connectivity index (χ1n) is 7.15. The molecule has 20 heavy (non-hydrogen) atoms. The molecule has 3 nitrogen and oxygen atoms in total. The summed E-state index contributed by atoms with van der Waals surface area (Å²) in [4.78, 5) is 20.3. The van der Waals surface area contributed by atoms with E-state index in [9.17, 15) is 4.79 Å². The summed E-state index contributed by atoms with van der Waals surface area (Å²) >= 11 is 0. The van der Waals surface area contributed by atoms with Gasteiger partial charge in [0.1, 0.15) is 11.6 Å². The molecule has 0 radical (unpaired) electrons. The summed E-state index contributed by atoms with van der Waals surface area (Å²) in [5.74, 6) is 7.58. The van der Waals surface area contributed by atoms with Crippen molar-refractivity contribution in [2.75, 3.05) is 0 Å². The molecule has 0 atom stereocenters. The van der Waals surface area contributed by atoms with Crippen LogP contribution in [0.25, 0.3) is 0 Å². The van der Waals surface area contributed by atoms with E-state index < -0.39 is 0 Å². The second-order valence-electron chi connectivity index (χ2n) is 6.31. The molecule has 0 aliphatic carbocycles. The maximum atomic E-state index is 11.7. The van der Waals surface area contributed by atoms with Gasteiger partial charge in [0.15, 0.2) is 0 Å². The van der Waals surface area contributed by atoms with Crippen LogP contribution in [0.5, 0.6) is 0 Å². The van der Waals surface area contributed by atoms with E-state index in [2.05, 4.69) is 35.7 Å². The molecule has 0 N–H and O–H groups in total. The fraction of sp³-hybridized carbons (Fsp3) is 0.588. The van der Waals surface area contributed by atoms with Gasteiger partial charge in [-0.1, -0.05) is 46.5 Å². The standard InChI is InChI=1S/C17H24N2O/c1-13(2)16-18-11-14(12-19-16)9-7-6-8-10-15(20)17(3,4)5/h11-13H,6,8,10H2,1-5H3. The Bertz CT molecular complexity index is 499. The fourth-order valence-corrected chi connectivity index (χ4v) is 1.58. The predicted octanol–water partition coefficient (Wildman–Crippen LogP) is 3.74. The highest BCUT2D eigenvalue weighted by molar-refractivity contribution is 5.83. The van der Waals surface area contributed by atoms with Gasteiger partial charge in [-0.2, -0.15) is 0 Å². The summed E-state index contributed by atoms with van der Waals surface area (Å²) < 4.78 is 0. The molecule has 0 spiro atoms. The molecule has 0 unspecified atom stereocenters. The smallest absolute Gasteiger partial charge is 0.138 e. The van der Waals surface area contributed by atoms with Crippen molar-refractivity contribution >= 4 is 5.78 Å². The van der Waals surface area contributed by atoms with Crippen LogP contribution in [-0.4, -0.2) is 15.8 Å². The van der Waals surface area contributed by atoms with Gasteiger partial charge >= 0.3 is 0 Å². The quantitative estimate of drug-likeness (QED) is 0.619. The highest BCUT2D eigenvalue weighted by Gasteiger charge is 2.19. The van der Waals surface area contributed by atoms with E-state index in [1.165, 1.54) is 0 Å². The molecule has 0 aliphatic heterocycles. The van der Waals surface area contributed by atoms with E-state index in [-0.39, 0.29) is 5.41 Å². The SMILES string of the molecule is CC(C)c1ncc(C#CCCCC(=O)C(C)(C)C)cn1. The summed E-state index contributed by atoms with van der Waals surface area (Å²) in [6.07, 6.45) is 5.66. The van der Waals surface area contributed by atoms with Crippen LogP contribution in [0.4, 0.5) is 0 Å². The number of hydrogen-bond acceptors (Lipinski definition) is 3. The Balaban J connectivity index is 2.41. The topological polar surface area (TPSA) is 42.9 Å². The first-order valence-corrected chi connectivity index (χ1v) is 7.15. The molecule has 0 saturated heterocycles. The number of nitrogens with zero attached hydrogens (tertiary/aromatic N) is 2. The van der Waals surface area contributed by atoms with Crippen molar-refractivity contribution in [2.24, 2.45) is 5.41 Å². The number of ketones is 1. The van der Waals surface area contributed by atoms with Crippen LogP contribution in [0.3, 0.4) is 0 Å². The third-order valence-electron chi connectivity index (χ3n) is 2.96. The lowest BCUT2D eigenvalue weighted by Gasteiger charge is -2.15. The van der Waals surface area contributed by atoms with E-state index in [0.717, 1.165) is 24.2 Å². The zero-order chi connectivity index (χ0) is 15.2. The second-order valence-corrected chi connectivity index (χ2v) is 6.31. The average molecular weight is 272 g/mol. The Morgan fingerprint density at radius 1 is 1.25 bits per heavy atom. The molecule has 1 heterocycles. The fourth-order valence-electron chi connectivity index (χ4n) is 1.58. The summed E-state index contributed by atoms with van der Waals surface area (Å²) in [7, 11) is 0. The third kappa shape index (κ3) is 5.52. The number of carbonyl (C=O) groups excluding carboxylic acids is 1. The van der Waals surface area contributed by atoms with Crippen molar-refractivity contribution in [1.29, 1.82) is 0 Å². The Labute approximate surface area is 122 Å². The van der Waals surface area contributed by atoms with Gasteiger partial charge in [0.25, 0.3) is 0 Å². The van der Waals surface area contributed by atoms with Crippen molar-refractivity contribution in [2.45, 2.75) is 59.8 Å². The molecule has 0 saturated carbocycles. The van der Waals surface area contributed by atoms with E-state index in [4.69, 9.17) is 0 Å². The van der Waals surface area contributed by atoms with Gasteiger partial charge in [-0.25, -0.2) is 9.97 Å². The second kappa shape index (κ2) is 7.19. The summed E-state index contributed by atoms with van der Waals surface area (Å²) in [6, 6.07) is 0. The summed E-state index contributed by atoms with van der Waals surface area (Å²) in [5, 5.41) is 0. The number of carbonyl (C=O) groups is 1.